The van der Waals surface area contributed by atoms with Gasteiger partial charge in [-0.2, -0.15) is 0 Å². The number of benzene rings is 2. The first-order valence-corrected chi connectivity index (χ1v) is 7.14. The van der Waals surface area contributed by atoms with E-state index in [1.807, 2.05) is 12.1 Å². The van der Waals surface area contributed by atoms with Crippen LogP contribution < -0.4 is 4.74 Å². The van der Waals surface area contributed by atoms with Crippen molar-refractivity contribution in [2.24, 2.45) is 0 Å². The molecule has 0 bridgehead atoms. The molecule has 0 amide bonds. The molecule has 21 heavy (non-hydrogen) atoms. The van der Waals surface area contributed by atoms with Gasteiger partial charge >= 0.3 is 0 Å². The van der Waals surface area contributed by atoms with Crippen molar-refractivity contribution in [2.75, 3.05) is 6.61 Å². The zero-order chi connectivity index (χ0) is 15.2. The van der Waals surface area contributed by atoms with Crippen LogP contribution in [0.1, 0.15) is 22.8 Å². The van der Waals surface area contributed by atoms with Crippen LogP contribution in [0.15, 0.2) is 48.5 Å². The predicted molar refractivity (Wildman–Crippen MR) is 83.1 cm³/mol. The molecule has 1 N–H and O–H groups in total. The fourth-order valence-electron chi connectivity index (χ4n) is 2.00. The number of carbonyl (C=O) groups is 1. The minimum Gasteiger partial charge on any atom is -0.483 e. The molecule has 0 spiro atoms. The van der Waals surface area contributed by atoms with Crippen molar-refractivity contribution >= 4 is 17.4 Å². The molecule has 0 aliphatic rings. The third kappa shape index (κ3) is 4.31. The van der Waals surface area contributed by atoms with Crippen molar-refractivity contribution in [2.45, 2.75) is 19.4 Å². The molecule has 2 aromatic carbocycles. The molecule has 4 heteroatoms. The van der Waals surface area contributed by atoms with Gasteiger partial charge in [0.15, 0.2) is 6.10 Å². The Hall–Kier alpha value is -1.84. The normalized spacial score (nSPS) is 12.0. The second-order valence-electron chi connectivity index (χ2n) is 4.75. The first-order chi connectivity index (χ1) is 10.1. The van der Waals surface area contributed by atoms with Crippen LogP contribution >= 0.6 is 11.6 Å². The van der Waals surface area contributed by atoms with Crippen LogP contribution in [-0.4, -0.2) is 23.6 Å². The number of rotatable bonds is 6. The minimum atomic E-state index is -0.591. The van der Waals surface area contributed by atoms with Gasteiger partial charge in [0, 0.05) is 17.2 Å². The molecule has 0 heterocycles. The van der Waals surface area contributed by atoms with Crippen LogP contribution in [0.5, 0.6) is 5.75 Å². The lowest BCUT2D eigenvalue weighted by molar-refractivity contribution is 0.0818. The highest BCUT2D eigenvalue weighted by Gasteiger charge is 2.17. The summed E-state index contributed by atoms with van der Waals surface area (Å²) in [6.07, 6.45) is 0.0178. The quantitative estimate of drug-likeness (QED) is 0.831. The zero-order valence-corrected chi connectivity index (χ0v) is 12.5. The Morgan fingerprint density at radius 3 is 2.57 bits per heavy atom. The second kappa shape index (κ2) is 7.25. The number of carbonyl (C=O) groups excluding carboxylic acids is 1. The molecule has 0 saturated heterocycles. The van der Waals surface area contributed by atoms with Gasteiger partial charge in [0.05, 0.1) is 0 Å². The number of Topliss-reactive ketones (excluding diaryl/α,β-unsaturated/α-hetero) is 1. The maximum Gasteiger partial charge on any atom is 0.203 e. The summed E-state index contributed by atoms with van der Waals surface area (Å²) in [7, 11) is 0. The van der Waals surface area contributed by atoms with Crippen molar-refractivity contribution in [3.05, 3.63) is 64.7 Å². The first kappa shape index (κ1) is 15.5. The predicted octanol–water partition coefficient (Wildman–Crippen LogP) is 3.53. The van der Waals surface area contributed by atoms with Crippen molar-refractivity contribution in [3.63, 3.8) is 0 Å². The molecule has 3 nitrogen and oxygen atoms in total. The van der Waals surface area contributed by atoms with E-state index in [9.17, 15) is 4.79 Å². The monoisotopic (exact) mass is 304 g/mol. The Morgan fingerprint density at radius 1 is 1.24 bits per heavy atom. The second-order valence-corrected chi connectivity index (χ2v) is 5.19. The Balaban J connectivity index is 2.03. The smallest absolute Gasteiger partial charge is 0.203 e. The lowest BCUT2D eigenvalue weighted by atomic mass is 10.1. The van der Waals surface area contributed by atoms with E-state index in [4.69, 9.17) is 21.4 Å². The molecule has 0 radical (unpaired) electrons. The summed E-state index contributed by atoms with van der Waals surface area (Å²) in [4.78, 5) is 12.3. The van der Waals surface area contributed by atoms with Crippen LogP contribution in [0.25, 0.3) is 0 Å². The van der Waals surface area contributed by atoms with Gasteiger partial charge in [-0.1, -0.05) is 35.9 Å². The summed E-state index contributed by atoms with van der Waals surface area (Å²) >= 11 is 5.89. The summed E-state index contributed by atoms with van der Waals surface area (Å²) in [5.74, 6) is 0.511. The number of ether oxygens (including phenoxy) is 1. The summed E-state index contributed by atoms with van der Waals surface area (Å²) in [6.45, 7) is 1.83. The van der Waals surface area contributed by atoms with Crippen LogP contribution in [0, 0.1) is 0 Å². The van der Waals surface area contributed by atoms with E-state index in [2.05, 4.69) is 0 Å². The topological polar surface area (TPSA) is 46.5 Å². The highest BCUT2D eigenvalue weighted by atomic mass is 35.5. The standard InChI is InChI=1S/C17H17ClO3/c1-12(17(20)14-3-2-4-15(18)11-14)21-16-7-5-13(6-8-16)9-10-19/h2-8,11-12,19H,9-10H2,1H3. The minimum absolute atomic E-state index is 0.114. The molecule has 110 valence electrons. The maximum absolute atomic E-state index is 12.3. The molecule has 1 atom stereocenters. The Kier molecular flexibility index (Phi) is 5.37. The number of hydrogen-bond acceptors (Lipinski definition) is 3. The van der Waals surface area contributed by atoms with E-state index < -0.39 is 6.10 Å². The average molecular weight is 305 g/mol. The fourth-order valence-corrected chi connectivity index (χ4v) is 2.19. The van der Waals surface area contributed by atoms with Crippen molar-refractivity contribution in [1.82, 2.24) is 0 Å². The van der Waals surface area contributed by atoms with Gasteiger partial charge in [-0.3, -0.25) is 4.79 Å². The summed E-state index contributed by atoms with van der Waals surface area (Å²) in [5.41, 5.74) is 1.56. The van der Waals surface area contributed by atoms with E-state index in [1.54, 1.807) is 43.3 Å². The van der Waals surface area contributed by atoms with Crippen molar-refractivity contribution < 1.29 is 14.6 Å². The van der Waals surface area contributed by atoms with Gasteiger partial charge < -0.3 is 9.84 Å². The van der Waals surface area contributed by atoms with E-state index in [0.29, 0.717) is 22.8 Å². The first-order valence-electron chi connectivity index (χ1n) is 6.76. The lowest BCUT2D eigenvalue weighted by Gasteiger charge is -2.14. The van der Waals surface area contributed by atoms with Crippen LogP contribution in [-0.2, 0) is 6.42 Å². The fraction of sp³-hybridized carbons (Fsp3) is 0.235. The van der Waals surface area contributed by atoms with Gasteiger partial charge in [0.1, 0.15) is 5.75 Å². The molecule has 0 saturated carbocycles. The number of halogens is 1. The van der Waals surface area contributed by atoms with Gasteiger partial charge in [-0.25, -0.2) is 0 Å². The molecule has 0 aliphatic heterocycles. The van der Waals surface area contributed by atoms with Crippen LogP contribution in [0.4, 0.5) is 0 Å². The Morgan fingerprint density at radius 2 is 1.95 bits per heavy atom. The Labute approximate surface area is 129 Å². The van der Waals surface area contributed by atoms with Gasteiger partial charge in [0.25, 0.3) is 0 Å². The summed E-state index contributed by atoms with van der Waals surface area (Å²) in [6, 6.07) is 14.2. The van der Waals surface area contributed by atoms with E-state index >= 15 is 0 Å². The summed E-state index contributed by atoms with van der Waals surface area (Å²) in [5, 5.41) is 9.40. The number of aliphatic hydroxyl groups is 1. The van der Waals surface area contributed by atoms with E-state index in [0.717, 1.165) is 5.56 Å². The number of aliphatic hydroxyl groups excluding tert-OH is 1. The van der Waals surface area contributed by atoms with E-state index in [1.165, 1.54) is 0 Å². The lowest BCUT2D eigenvalue weighted by Crippen LogP contribution is -2.23. The van der Waals surface area contributed by atoms with Gasteiger partial charge in [-0.15, -0.1) is 0 Å². The average Bonchev–Trinajstić information content (AvgIpc) is 2.48. The maximum atomic E-state index is 12.3. The van der Waals surface area contributed by atoms with Crippen molar-refractivity contribution in [3.8, 4) is 5.75 Å². The molecular formula is C17H17ClO3. The molecule has 2 rings (SSSR count). The largest absolute Gasteiger partial charge is 0.483 e. The van der Waals surface area contributed by atoms with Crippen molar-refractivity contribution in [1.29, 1.82) is 0 Å². The zero-order valence-electron chi connectivity index (χ0n) is 11.8. The molecule has 0 fully saturated rings. The molecular weight excluding hydrogens is 288 g/mol. The Bertz CT molecular complexity index is 608. The molecule has 1 unspecified atom stereocenters. The number of ketones is 1. The highest BCUT2D eigenvalue weighted by molar-refractivity contribution is 6.31. The molecule has 0 aromatic heterocycles. The van der Waals surface area contributed by atoms with Gasteiger partial charge in [-0.05, 0) is 43.2 Å². The summed E-state index contributed by atoms with van der Waals surface area (Å²) < 4.78 is 5.65. The highest BCUT2D eigenvalue weighted by Crippen LogP contribution is 2.17. The SMILES string of the molecule is CC(Oc1ccc(CCO)cc1)C(=O)c1cccc(Cl)c1. The van der Waals surface area contributed by atoms with E-state index in [-0.39, 0.29) is 12.4 Å². The number of hydrogen-bond donors (Lipinski definition) is 1. The molecule has 0 aliphatic carbocycles. The third-order valence-corrected chi connectivity index (χ3v) is 3.35. The van der Waals surface area contributed by atoms with Crippen LogP contribution in [0.2, 0.25) is 5.02 Å². The van der Waals surface area contributed by atoms with Gasteiger partial charge in [0.2, 0.25) is 5.78 Å². The van der Waals surface area contributed by atoms with Crippen LogP contribution in [0.3, 0.4) is 0 Å². The molecule has 2 aromatic rings. The third-order valence-electron chi connectivity index (χ3n) is 3.12.